The number of fused-ring (bicyclic) bond motifs is 1. The number of aromatic nitrogens is 2. The standard InChI is InChI=1S/C23H23ClFN5O5/c1-14-23(31)35-9-7-29(14)6-2-3-8-34-21-12-19-16(11-20(21)30(32)33)22(27-13-26-19)28-15-4-5-18(25)17(24)10-15/h4-5,10-14H,2-3,6-9H2,1H3,(H,26,27,28). The highest BCUT2D eigenvalue weighted by molar-refractivity contribution is 6.31. The lowest BCUT2D eigenvalue weighted by molar-refractivity contribution is -0.385. The number of morpholine rings is 1. The Morgan fingerprint density at radius 3 is 2.91 bits per heavy atom. The number of unbranched alkanes of at least 4 members (excludes halogenated alkanes) is 1. The molecule has 1 saturated heterocycles. The molecule has 1 aliphatic heterocycles. The lowest BCUT2D eigenvalue weighted by Crippen LogP contribution is -2.47. The molecule has 0 amide bonds. The number of anilines is 2. The second-order valence-electron chi connectivity index (χ2n) is 8.01. The van der Waals surface area contributed by atoms with Crippen molar-refractivity contribution in [2.24, 2.45) is 0 Å². The third-order valence-corrected chi connectivity index (χ3v) is 5.99. The number of esters is 1. The lowest BCUT2D eigenvalue weighted by Gasteiger charge is -2.31. The first-order valence-electron chi connectivity index (χ1n) is 11.0. The first-order chi connectivity index (χ1) is 16.8. The maximum atomic E-state index is 13.5. The van der Waals surface area contributed by atoms with Gasteiger partial charge in [-0.3, -0.25) is 19.8 Å². The van der Waals surface area contributed by atoms with Crippen LogP contribution in [0, 0.1) is 15.9 Å². The molecular formula is C23H23ClFN5O5. The second kappa shape index (κ2) is 10.8. The minimum absolute atomic E-state index is 0.0651. The Morgan fingerprint density at radius 1 is 1.31 bits per heavy atom. The molecule has 4 rings (SSSR count). The van der Waals surface area contributed by atoms with Gasteiger partial charge in [0.1, 0.15) is 30.6 Å². The molecule has 12 heteroatoms. The number of nitrogens with zero attached hydrogens (tertiary/aromatic N) is 4. The Hall–Kier alpha value is -3.57. The van der Waals surface area contributed by atoms with Gasteiger partial charge in [-0.25, -0.2) is 14.4 Å². The first-order valence-corrected chi connectivity index (χ1v) is 11.4. The Morgan fingerprint density at radius 2 is 2.14 bits per heavy atom. The molecular weight excluding hydrogens is 481 g/mol. The van der Waals surface area contributed by atoms with E-state index in [9.17, 15) is 19.3 Å². The minimum atomic E-state index is -0.560. The van der Waals surface area contributed by atoms with E-state index in [-0.39, 0.29) is 35.1 Å². The predicted molar refractivity (Wildman–Crippen MR) is 128 cm³/mol. The maximum absolute atomic E-state index is 13.5. The van der Waals surface area contributed by atoms with E-state index in [2.05, 4.69) is 15.3 Å². The average molecular weight is 504 g/mol. The number of ether oxygens (including phenoxy) is 2. The molecule has 35 heavy (non-hydrogen) atoms. The van der Waals surface area contributed by atoms with Crippen LogP contribution in [-0.4, -0.2) is 58.1 Å². The van der Waals surface area contributed by atoms with Crippen LogP contribution in [-0.2, 0) is 9.53 Å². The van der Waals surface area contributed by atoms with Gasteiger partial charge in [-0.2, -0.15) is 0 Å². The van der Waals surface area contributed by atoms with Crippen LogP contribution in [0.4, 0.5) is 21.6 Å². The Kier molecular flexibility index (Phi) is 7.57. The van der Waals surface area contributed by atoms with Crippen LogP contribution in [0.2, 0.25) is 5.02 Å². The molecule has 1 fully saturated rings. The molecule has 0 spiro atoms. The number of cyclic esters (lactones) is 1. The zero-order chi connectivity index (χ0) is 24.9. The smallest absolute Gasteiger partial charge is 0.323 e. The highest BCUT2D eigenvalue weighted by Gasteiger charge is 2.26. The summed E-state index contributed by atoms with van der Waals surface area (Å²) in [7, 11) is 0. The Bertz CT molecular complexity index is 1260. The number of halogens is 2. The summed E-state index contributed by atoms with van der Waals surface area (Å²) in [4.78, 5) is 33.3. The van der Waals surface area contributed by atoms with E-state index in [1.165, 1.54) is 36.7 Å². The molecule has 2 aromatic carbocycles. The first kappa shape index (κ1) is 24.6. The molecule has 2 heterocycles. The van der Waals surface area contributed by atoms with Crippen LogP contribution < -0.4 is 10.1 Å². The SMILES string of the molecule is CC1C(=O)OCCN1CCCCOc1cc2ncnc(Nc3ccc(F)c(Cl)c3)c2cc1[N+](=O)[O-]. The lowest BCUT2D eigenvalue weighted by atomic mass is 10.2. The van der Waals surface area contributed by atoms with Crippen LogP contribution in [0.3, 0.4) is 0 Å². The van der Waals surface area contributed by atoms with Crippen molar-refractivity contribution < 1.29 is 23.6 Å². The fourth-order valence-corrected chi connectivity index (χ4v) is 3.95. The molecule has 0 saturated carbocycles. The van der Waals surface area contributed by atoms with Crippen molar-refractivity contribution in [3.8, 4) is 5.75 Å². The van der Waals surface area contributed by atoms with Crippen LogP contribution in [0.15, 0.2) is 36.7 Å². The average Bonchev–Trinajstić information content (AvgIpc) is 2.83. The van der Waals surface area contributed by atoms with Crippen LogP contribution in [0.5, 0.6) is 5.75 Å². The van der Waals surface area contributed by atoms with Crippen LogP contribution in [0.1, 0.15) is 19.8 Å². The second-order valence-corrected chi connectivity index (χ2v) is 8.41. The summed E-state index contributed by atoms with van der Waals surface area (Å²) in [6, 6.07) is 6.65. The number of benzene rings is 2. The monoisotopic (exact) mass is 503 g/mol. The van der Waals surface area contributed by atoms with Gasteiger partial charge < -0.3 is 14.8 Å². The number of nitro benzene ring substituents is 1. The summed E-state index contributed by atoms with van der Waals surface area (Å²) >= 11 is 5.84. The summed E-state index contributed by atoms with van der Waals surface area (Å²) in [6.45, 7) is 3.85. The molecule has 3 aromatic rings. The van der Waals surface area contributed by atoms with Crippen molar-refractivity contribution >= 4 is 45.7 Å². The molecule has 1 unspecified atom stereocenters. The van der Waals surface area contributed by atoms with Crippen molar-refractivity contribution in [2.75, 3.05) is 31.6 Å². The van der Waals surface area contributed by atoms with Crippen molar-refractivity contribution in [1.82, 2.24) is 14.9 Å². The number of rotatable bonds is 9. The highest BCUT2D eigenvalue weighted by atomic mass is 35.5. The van der Waals surface area contributed by atoms with Crippen LogP contribution in [0.25, 0.3) is 10.9 Å². The predicted octanol–water partition coefficient (Wildman–Crippen LogP) is 4.48. The van der Waals surface area contributed by atoms with Gasteiger partial charge in [0, 0.05) is 24.4 Å². The van der Waals surface area contributed by atoms with E-state index in [0.29, 0.717) is 48.5 Å². The molecule has 1 aromatic heterocycles. The number of carbonyl (C=O) groups excluding carboxylic acids is 1. The fourth-order valence-electron chi connectivity index (χ4n) is 3.77. The Balaban J connectivity index is 1.45. The molecule has 1 atom stereocenters. The van der Waals surface area contributed by atoms with E-state index in [1.807, 2.05) is 11.8 Å². The van der Waals surface area contributed by atoms with Gasteiger partial charge in [0.05, 0.1) is 27.5 Å². The summed E-state index contributed by atoms with van der Waals surface area (Å²) in [5, 5.41) is 15.1. The summed E-state index contributed by atoms with van der Waals surface area (Å²) in [5.41, 5.74) is 0.688. The normalized spacial score (nSPS) is 16.2. The van der Waals surface area contributed by atoms with Gasteiger partial charge in [-0.05, 0) is 44.5 Å². The quantitative estimate of drug-likeness (QED) is 0.195. The van der Waals surface area contributed by atoms with E-state index < -0.39 is 10.7 Å². The van der Waals surface area contributed by atoms with Crippen molar-refractivity contribution in [3.05, 3.63) is 57.6 Å². The van der Waals surface area contributed by atoms with Crippen LogP contribution >= 0.6 is 11.6 Å². The van der Waals surface area contributed by atoms with E-state index in [4.69, 9.17) is 21.1 Å². The topological polar surface area (TPSA) is 120 Å². The third-order valence-electron chi connectivity index (χ3n) is 5.70. The van der Waals surface area contributed by atoms with Gasteiger partial charge in [0.25, 0.3) is 0 Å². The molecule has 1 aliphatic rings. The number of nitro groups is 1. The fraction of sp³-hybridized carbons (Fsp3) is 0.348. The minimum Gasteiger partial charge on any atom is -0.487 e. The molecule has 0 radical (unpaired) electrons. The summed E-state index contributed by atoms with van der Waals surface area (Å²) < 4.78 is 24.2. The number of hydrogen-bond acceptors (Lipinski definition) is 9. The number of nitrogens with one attached hydrogen (secondary N) is 1. The zero-order valence-corrected chi connectivity index (χ0v) is 19.6. The van der Waals surface area contributed by atoms with Gasteiger partial charge in [0.15, 0.2) is 5.75 Å². The van der Waals surface area contributed by atoms with E-state index >= 15 is 0 Å². The van der Waals surface area contributed by atoms with Crippen molar-refractivity contribution in [2.45, 2.75) is 25.8 Å². The summed E-state index contributed by atoms with van der Waals surface area (Å²) in [6.07, 6.45) is 2.72. The zero-order valence-electron chi connectivity index (χ0n) is 18.9. The molecule has 0 aliphatic carbocycles. The maximum Gasteiger partial charge on any atom is 0.323 e. The molecule has 1 N–H and O–H groups in total. The van der Waals surface area contributed by atoms with Gasteiger partial charge in [-0.15, -0.1) is 0 Å². The van der Waals surface area contributed by atoms with E-state index in [0.717, 1.165) is 6.42 Å². The molecule has 0 bridgehead atoms. The van der Waals surface area contributed by atoms with Gasteiger partial charge >= 0.3 is 11.7 Å². The molecule has 10 nitrogen and oxygen atoms in total. The third kappa shape index (κ3) is 5.75. The highest BCUT2D eigenvalue weighted by Crippen LogP contribution is 2.35. The summed E-state index contributed by atoms with van der Waals surface area (Å²) in [5.74, 6) is -0.374. The van der Waals surface area contributed by atoms with E-state index in [1.54, 1.807) is 0 Å². The van der Waals surface area contributed by atoms with Crippen molar-refractivity contribution in [3.63, 3.8) is 0 Å². The van der Waals surface area contributed by atoms with Gasteiger partial charge in [0.2, 0.25) is 0 Å². The number of hydrogen-bond donors (Lipinski definition) is 1. The van der Waals surface area contributed by atoms with Gasteiger partial charge in [-0.1, -0.05) is 11.6 Å². The largest absolute Gasteiger partial charge is 0.487 e. The Labute approximate surface area is 205 Å². The molecule has 184 valence electrons. The number of carbonyl (C=O) groups is 1. The van der Waals surface area contributed by atoms with Crippen molar-refractivity contribution in [1.29, 1.82) is 0 Å².